The number of carbonyl (C=O) groups excluding carboxylic acids is 1. The number of hydrogen-bond donors (Lipinski definition) is 2. The summed E-state index contributed by atoms with van der Waals surface area (Å²) in [4.78, 5) is 16.7. The van der Waals surface area contributed by atoms with Crippen LogP contribution in [0.4, 0.5) is 5.69 Å². The number of carbonyl (C=O) groups is 1. The Morgan fingerprint density at radius 1 is 1.28 bits per heavy atom. The molecule has 3 rings (SSSR count). The first-order valence-electron chi connectivity index (χ1n) is 8.39. The molecule has 0 bridgehead atoms. The van der Waals surface area contributed by atoms with Crippen LogP contribution in [0.1, 0.15) is 18.4 Å². The Hall–Kier alpha value is -2.44. The molecule has 0 radical (unpaired) electrons. The molecule has 2 N–H and O–H groups in total. The Morgan fingerprint density at radius 2 is 2.08 bits per heavy atom. The van der Waals surface area contributed by atoms with Crippen molar-refractivity contribution in [1.29, 1.82) is 0 Å². The molecule has 1 amide bonds. The number of methoxy groups -OCH3 is 1. The molecule has 1 saturated heterocycles. The van der Waals surface area contributed by atoms with E-state index >= 15 is 0 Å². The molecule has 0 unspecified atom stereocenters. The van der Waals surface area contributed by atoms with Crippen molar-refractivity contribution in [1.82, 2.24) is 10.3 Å². The zero-order chi connectivity index (χ0) is 17.7. The SMILES string of the molecule is COC1(C(=O)Nc2ccc(Oc3cccnc3)c(C)c2)CCNCC1. The zero-order valence-corrected chi connectivity index (χ0v) is 14.5. The number of aromatic nitrogens is 1. The van der Waals surface area contributed by atoms with Gasteiger partial charge in [-0.1, -0.05) is 0 Å². The maximum Gasteiger partial charge on any atom is 0.256 e. The number of anilines is 1. The standard InChI is InChI=1S/C19H23N3O3/c1-14-12-15(5-6-17(14)25-16-4-3-9-21-13-16)22-18(23)19(24-2)7-10-20-11-8-19/h3-6,9,12-13,20H,7-8,10-11H2,1-2H3,(H,22,23). The number of pyridine rings is 1. The molecule has 132 valence electrons. The van der Waals surface area contributed by atoms with Crippen molar-refractivity contribution in [2.24, 2.45) is 0 Å². The van der Waals surface area contributed by atoms with E-state index in [1.165, 1.54) is 0 Å². The first-order chi connectivity index (χ1) is 12.1. The largest absolute Gasteiger partial charge is 0.455 e. The monoisotopic (exact) mass is 341 g/mol. The molecular formula is C19H23N3O3. The van der Waals surface area contributed by atoms with Gasteiger partial charge in [-0.15, -0.1) is 0 Å². The summed E-state index contributed by atoms with van der Waals surface area (Å²) in [7, 11) is 1.60. The number of hydrogen-bond acceptors (Lipinski definition) is 5. The van der Waals surface area contributed by atoms with Gasteiger partial charge in [0.25, 0.3) is 5.91 Å². The maximum atomic E-state index is 12.7. The average molecular weight is 341 g/mol. The van der Waals surface area contributed by atoms with E-state index in [-0.39, 0.29) is 5.91 Å². The molecule has 1 aliphatic heterocycles. The summed E-state index contributed by atoms with van der Waals surface area (Å²) in [5.41, 5.74) is 0.902. The van der Waals surface area contributed by atoms with Gasteiger partial charge in [-0.3, -0.25) is 9.78 Å². The van der Waals surface area contributed by atoms with E-state index in [2.05, 4.69) is 15.6 Å². The Bertz CT molecular complexity index is 728. The van der Waals surface area contributed by atoms with Crippen molar-refractivity contribution < 1.29 is 14.3 Å². The van der Waals surface area contributed by atoms with Crippen LogP contribution in [0.3, 0.4) is 0 Å². The minimum atomic E-state index is -0.760. The number of nitrogens with zero attached hydrogens (tertiary/aromatic N) is 1. The summed E-state index contributed by atoms with van der Waals surface area (Å²) >= 11 is 0. The van der Waals surface area contributed by atoms with Gasteiger partial charge in [0.2, 0.25) is 0 Å². The van der Waals surface area contributed by atoms with Gasteiger partial charge < -0.3 is 20.1 Å². The summed E-state index contributed by atoms with van der Waals surface area (Å²) in [5, 5.41) is 6.23. The second kappa shape index (κ2) is 7.63. The first-order valence-corrected chi connectivity index (χ1v) is 8.39. The molecule has 1 fully saturated rings. The van der Waals surface area contributed by atoms with Crippen molar-refractivity contribution in [2.45, 2.75) is 25.4 Å². The minimum absolute atomic E-state index is 0.100. The van der Waals surface area contributed by atoms with Crippen molar-refractivity contribution >= 4 is 11.6 Å². The lowest BCUT2D eigenvalue weighted by Crippen LogP contribution is -2.51. The molecule has 0 aliphatic carbocycles. The second-order valence-electron chi connectivity index (χ2n) is 6.17. The van der Waals surface area contributed by atoms with Gasteiger partial charge in [0.1, 0.15) is 17.1 Å². The molecule has 1 aromatic carbocycles. The van der Waals surface area contributed by atoms with E-state index in [1.807, 2.05) is 37.3 Å². The van der Waals surface area contributed by atoms with Crippen LogP contribution in [0.15, 0.2) is 42.7 Å². The molecular weight excluding hydrogens is 318 g/mol. The predicted molar refractivity (Wildman–Crippen MR) is 96.0 cm³/mol. The highest BCUT2D eigenvalue weighted by Gasteiger charge is 2.39. The van der Waals surface area contributed by atoms with Crippen LogP contribution in [0.5, 0.6) is 11.5 Å². The third kappa shape index (κ3) is 3.97. The maximum absolute atomic E-state index is 12.7. The van der Waals surface area contributed by atoms with Gasteiger partial charge in [-0.05, 0) is 68.8 Å². The fourth-order valence-electron chi connectivity index (χ4n) is 2.98. The average Bonchev–Trinajstić information content (AvgIpc) is 2.65. The van der Waals surface area contributed by atoms with Gasteiger partial charge in [-0.2, -0.15) is 0 Å². The fourth-order valence-corrected chi connectivity index (χ4v) is 2.98. The van der Waals surface area contributed by atoms with E-state index in [1.54, 1.807) is 19.5 Å². The van der Waals surface area contributed by atoms with Gasteiger partial charge in [-0.25, -0.2) is 0 Å². The molecule has 0 saturated carbocycles. The number of nitrogens with one attached hydrogen (secondary N) is 2. The highest BCUT2D eigenvalue weighted by Crippen LogP contribution is 2.29. The number of benzene rings is 1. The number of amides is 1. The molecule has 0 atom stereocenters. The van der Waals surface area contributed by atoms with E-state index in [0.717, 1.165) is 30.1 Å². The Balaban J connectivity index is 1.71. The lowest BCUT2D eigenvalue weighted by Gasteiger charge is -2.34. The topological polar surface area (TPSA) is 72.5 Å². The summed E-state index contributed by atoms with van der Waals surface area (Å²) in [5.74, 6) is 1.31. The Kier molecular flexibility index (Phi) is 5.31. The van der Waals surface area contributed by atoms with E-state index in [4.69, 9.17) is 9.47 Å². The summed E-state index contributed by atoms with van der Waals surface area (Å²) < 4.78 is 11.4. The van der Waals surface area contributed by atoms with Crippen molar-refractivity contribution in [3.8, 4) is 11.5 Å². The van der Waals surface area contributed by atoms with Crippen LogP contribution in [0.25, 0.3) is 0 Å². The molecule has 1 aromatic heterocycles. The highest BCUT2D eigenvalue weighted by atomic mass is 16.5. The van der Waals surface area contributed by atoms with Gasteiger partial charge in [0.15, 0.2) is 0 Å². The van der Waals surface area contributed by atoms with Gasteiger partial charge in [0.05, 0.1) is 6.20 Å². The summed E-state index contributed by atoms with van der Waals surface area (Å²) in [6, 6.07) is 9.25. The van der Waals surface area contributed by atoms with Crippen LogP contribution < -0.4 is 15.4 Å². The number of rotatable bonds is 5. The summed E-state index contributed by atoms with van der Waals surface area (Å²) in [6.45, 7) is 3.49. The van der Waals surface area contributed by atoms with E-state index in [9.17, 15) is 4.79 Å². The number of ether oxygens (including phenoxy) is 2. The molecule has 2 aromatic rings. The lowest BCUT2D eigenvalue weighted by atomic mass is 9.91. The van der Waals surface area contributed by atoms with Crippen molar-refractivity contribution in [3.63, 3.8) is 0 Å². The molecule has 0 spiro atoms. The van der Waals surface area contributed by atoms with Gasteiger partial charge >= 0.3 is 0 Å². The Labute approximate surface area is 147 Å². The zero-order valence-electron chi connectivity index (χ0n) is 14.5. The highest BCUT2D eigenvalue weighted by molar-refractivity contribution is 5.97. The quantitative estimate of drug-likeness (QED) is 0.875. The molecule has 6 heteroatoms. The summed E-state index contributed by atoms with van der Waals surface area (Å²) in [6.07, 6.45) is 4.69. The molecule has 1 aliphatic rings. The predicted octanol–water partition coefficient (Wildman–Crippen LogP) is 2.89. The second-order valence-corrected chi connectivity index (χ2v) is 6.17. The normalized spacial score (nSPS) is 16.2. The fraction of sp³-hybridized carbons (Fsp3) is 0.368. The van der Waals surface area contributed by atoms with E-state index < -0.39 is 5.60 Å². The third-order valence-corrected chi connectivity index (χ3v) is 4.51. The Morgan fingerprint density at radius 3 is 2.72 bits per heavy atom. The van der Waals surface area contributed by atoms with Crippen LogP contribution >= 0.6 is 0 Å². The van der Waals surface area contributed by atoms with Crippen molar-refractivity contribution in [2.75, 3.05) is 25.5 Å². The first kappa shape index (κ1) is 17.4. The van der Waals surface area contributed by atoms with Crippen LogP contribution in [-0.4, -0.2) is 36.7 Å². The van der Waals surface area contributed by atoms with Crippen LogP contribution in [0.2, 0.25) is 0 Å². The lowest BCUT2D eigenvalue weighted by molar-refractivity contribution is -0.140. The van der Waals surface area contributed by atoms with E-state index in [0.29, 0.717) is 18.6 Å². The van der Waals surface area contributed by atoms with Crippen molar-refractivity contribution in [3.05, 3.63) is 48.3 Å². The molecule has 2 heterocycles. The van der Waals surface area contributed by atoms with Crippen LogP contribution in [-0.2, 0) is 9.53 Å². The van der Waals surface area contributed by atoms with Crippen LogP contribution in [0, 0.1) is 6.92 Å². The third-order valence-electron chi connectivity index (χ3n) is 4.51. The smallest absolute Gasteiger partial charge is 0.256 e. The molecule has 6 nitrogen and oxygen atoms in total. The number of piperidine rings is 1. The molecule has 25 heavy (non-hydrogen) atoms. The number of aryl methyl sites for hydroxylation is 1. The minimum Gasteiger partial charge on any atom is -0.455 e. The van der Waals surface area contributed by atoms with Gasteiger partial charge in [0, 0.05) is 19.0 Å².